The minimum Gasteiger partial charge on any atom is -0.330 e. The molecule has 7 heteroatoms. The van der Waals surface area contributed by atoms with Crippen molar-refractivity contribution in [1.82, 2.24) is 4.72 Å². The Hall–Kier alpha value is -0.500. The fourth-order valence-electron chi connectivity index (χ4n) is 2.59. The van der Waals surface area contributed by atoms with Gasteiger partial charge in [0.25, 0.3) is 0 Å². The van der Waals surface area contributed by atoms with Crippen molar-refractivity contribution >= 4 is 26.0 Å². The number of nitrogens with one attached hydrogen (secondary N) is 1. The molecule has 3 N–H and O–H groups in total. The summed E-state index contributed by atoms with van der Waals surface area (Å²) in [5.41, 5.74) is 5.70. The van der Waals surface area contributed by atoms with Crippen molar-refractivity contribution in [1.29, 1.82) is 0 Å². The van der Waals surface area contributed by atoms with Crippen LogP contribution in [0.2, 0.25) is 0 Å². The van der Waals surface area contributed by atoms with Gasteiger partial charge < -0.3 is 5.73 Å². The third-order valence-electron chi connectivity index (χ3n) is 3.70. The Morgan fingerprint density at radius 2 is 2.05 bits per heavy atom. The molecule has 0 saturated heterocycles. The average molecular weight is 365 g/mol. The third-order valence-corrected chi connectivity index (χ3v) is 6.18. The van der Waals surface area contributed by atoms with E-state index in [2.05, 4.69) is 20.7 Å². The second kappa shape index (κ2) is 6.51. The predicted molar refractivity (Wildman–Crippen MR) is 79.2 cm³/mol. The monoisotopic (exact) mass is 364 g/mol. The summed E-state index contributed by atoms with van der Waals surface area (Å²) in [6, 6.07) is 3.46. The van der Waals surface area contributed by atoms with Gasteiger partial charge in [-0.05, 0) is 59.4 Å². The van der Waals surface area contributed by atoms with Crippen LogP contribution < -0.4 is 10.5 Å². The van der Waals surface area contributed by atoms with E-state index in [0.717, 1.165) is 31.7 Å². The average Bonchev–Trinajstić information content (AvgIpc) is 2.41. The van der Waals surface area contributed by atoms with Gasteiger partial charge in [0.2, 0.25) is 10.0 Å². The quantitative estimate of drug-likeness (QED) is 0.861. The summed E-state index contributed by atoms with van der Waals surface area (Å²) in [6.45, 7) is 0.456. The minimum absolute atomic E-state index is 0.0705. The van der Waals surface area contributed by atoms with Gasteiger partial charge in [-0.3, -0.25) is 0 Å². The minimum atomic E-state index is -3.75. The van der Waals surface area contributed by atoms with Gasteiger partial charge in [0, 0.05) is 10.5 Å². The highest BCUT2D eigenvalue weighted by atomic mass is 79.9. The van der Waals surface area contributed by atoms with Gasteiger partial charge in [0.15, 0.2) is 0 Å². The van der Waals surface area contributed by atoms with E-state index >= 15 is 0 Å². The van der Waals surface area contributed by atoms with Crippen LogP contribution >= 0.6 is 15.9 Å². The number of benzene rings is 1. The first-order valence-corrected chi connectivity index (χ1v) is 8.89. The summed E-state index contributed by atoms with van der Waals surface area (Å²) in [5, 5.41) is 0. The molecule has 1 aromatic rings. The Morgan fingerprint density at radius 1 is 1.35 bits per heavy atom. The molecule has 0 radical (unpaired) electrons. The predicted octanol–water partition coefficient (Wildman–Crippen LogP) is 2.38. The summed E-state index contributed by atoms with van der Waals surface area (Å²) in [7, 11) is -3.75. The topological polar surface area (TPSA) is 72.2 Å². The SMILES string of the molecule is NCC1CCCCC1NS(=O)(=O)c1cc(F)ccc1Br. The zero-order chi connectivity index (χ0) is 14.8. The van der Waals surface area contributed by atoms with E-state index in [1.807, 2.05) is 0 Å². The largest absolute Gasteiger partial charge is 0.330 e. The van der Waals surface area contributed by atoms with Crippen LogP contribution in [0.5, 0.6) is 0 Å². The highest BCUT2D eigenvalue weighted by Crippen LogP contribution is 2.27. The Balaban J connectivity index is 2.24. The molecule has 112 valence electrons. The van der Waals surface area contributed by atoms with Crippen LogP contribution in [0.1, 0.15) is 25.7 Å². The summed E-state index contributed by atoms with van der Waals surface area (Å²) in [4.78, 5) is -0.0705. The van der Waals surface area contributed by atoms with Crippen molar-refractivity contribution in [2.24, 2.45) is 11.7 Å². The Morgan fingerprint density at radius 3 is 2.75 bits per heavy atom. The Labute approximate surface area is 127 Å². The van der Waals surface area contributed by atoms with Gasteiger partial charge in [-0.1, -0.05) is 12.8 Å². The number of rotatable bonds is 4. The zero-order valence-corrected chi connectivity index (χ0v) is 13.4. The molecule has 2 unspecified atom stereocenters. The van der Waals surface area contributed by atoms with Gasteiger partial charge in [-0.15, -0.1) is 0 Å². The maximum Gasteiger partial charge on any atom is 0.242 e. The Bertz CT molecular complexity index is 580. The molecule has 4 nitrogen and oxygen atoms in total. The highest BCUT2D eigenvalue weighted by molar-refractivity contribution is 9.10. The summed E-state index contributed by atoms with van der Waals surface area (Å²) >= 11 is 3.15. The number of hydrogen-bond acceptors (Lipinski definition) is 3. The van der Waals surface area contributed by atoms with E-state index < -0.39 is 15.8 Å². The maximum absolute atomic E-state index is 13.3. The van der Waals surface area contributed by atoms with Crippen LogP contribution in [0, 0.1) is 11.7 Å². The maximum atomic E-state index is 13.3. The van der Waals surface area contributed by atoms with Crippen molar-refractivity contribution in [2.45, 2.75) is 36.6 Å². The molecule has 2 rings (SSSR count). The highest BCUT2D eigenvalue weighted by Gasteiger charge is 2.29. The van der Waals surface area contributed by atoms with Crippen LogP contribution in [-0.4, -0.2) is 21.0 Å². The summed E-state index contributed by atoms with van der Waals surface area (Å²) < 4.78 is 41.1. The first-order valence-electron chi connectivity index (χ1n) is 6.61. The second-order valence-corrected chi connectivity index (χ2v) is 7.62. The van der Waals surface area contributed by atoms with E-state index in [0.29, 0.717) is 11.0 Å². The summed E-state index contributed by atoms with van der Waals surface area (Å²) in [5.74, 6) is -0.432. The number of nitrogens with two attached hydrogens (primary N) is 1. The van der Waals surface area contributed by atoms with Gasteiger partial charge >= 0.3 is 0 Å². The zero-order valence-electron chi connectivity index (χ0n) is 11.0. The standard InChI is InChI=1S/C13H18BrFN2O2S/c14-11-6-5-10(15)7-13(11)20(18,19)17-12-4-2-1-3-9(12)8-16/h5-7,9,12,17H,1-4,8,16H2. The second-order valence-electron chi connectivity index (χ2n) is 5.08. The summed E-state index contributed by atoms with van der Waals surface area (Å²) in [6.07, 6.45) is 3.75. The van der Waals surface area contributed by atoms with E-state index in [1.165, 1.54) is 12.1 Å². The lowest BCUT2D eigenvalue weighted by Crippen LogP contribution is -2.44. The molecule has 1 aliphatic carbocycles. The lowest BCUT2D eigenvalue weighted by Gasteiger charge is -2.31. The van der Waals surface area contributed by atoms with Gasteiger partial charge in [0.05, 0.1) is 4.90 Å². The van der Waals surface area contributed by atoms with Crippen LogP contribution in [0.15, 0.2) is 27.6 Å². The molecule has 0 spiro atoms. The number of hydrogen-bond donors (Lipinski definition) is 2. The van der Waals surface area contributed by atoms with Crippen LogP contribution in [0.25, 0.3) is 0 Å². The van der Waals surface area contributed by atoms with Crippen molar-refractivity contribution in [3.05, 3.63) is 28.5 Å². The van der Waals surface area contributed by atoms with E-state index in [1.54, 1.807) is 0 Å². The van der Waals surface area contributed by atoms with Crippen molar-refractivity contribution < 1.29 is 12.8 Å². The number of halogens is 2. The van der Waals surface area contributed by atoms with Gasteiger partial charge in [-0.2, -0.15) is 0 Å². The first-order chi connectivity index (χ1) is 9.44. The number of sulfonamides is 1. The van der Waals surface area contributed by atoms with Gasteiger partial charge in [-0.25, -0.2) is 17.5 Å². The van der Waals surface area contributed by atoms with Gasteiger partial charge in [0.1, 0.15) is 5.82 Å². The van der Waals surface area contributed by atoms with Crippen molar-refractivity contribution in [3.63, 3.8) is 0 Å². The molecule has 0 aromatic heterocycles. The molecule has 1 aromatic carbocycles. The van der Waals surface area contributed by atoms with Crippen LogP contribution in [-0.2, 0) is 10.0 Å². The third kappa shape index (κ3) is 3.58. The molecule has 1 saturated carbocycles. The van der Waals surface area contributed by atoms with Crippen LogP contribution in [0.4, 0.5) is 4.39 Å². The van der Waals surface area contributed by atoms with E-state index in [4.69, 9.17) is 5.73 Å². The smallest absolute Gasteiger partial charge is 0.242 e. The van der Waals surface area contributed by atoms with E-state index in [9.17, 15) is 12.8 Å². The normalized spacial score (nSPS) is 23.8. The Kier molecular flexibility index (Phi) is 5.17. The molecule has 0 heterocycles. The fraction of sp³-hybridized carbons (Fsp3) is 0.538. The van der Waals surface area contributed by atoms with Crippen LogP contribution in [0.3, 0.4) is 0 Å². The fourth-order valence-corrected chi connectivity index (χ4v) is 4.91. The molecule has 0 amide bonds. The molecule has 20 heavy (non-hydrogen) atoms. The molecule has 2 atom stereocenters. The molecule has 0 bridgehead atoms. The van der Waals surface area contributed by atoms with Crippen molar-refractivity contribution in [2.75, 3.05) is 6.54 Å². The molecular formula is C13H18BrFN2O2S. The first kappa shape index (κ1) is 15.9. The lowest BCUT2D eigenvalue weighted by molar-refractivity contribution is 0.296. The lowest BCUT2D eigenvalue weighted by atomic mass is 9.85. The molecule has 0 aliphatic heterocycles. The molecule has 1 fully saturated rings. The van der Waals surface area contributed by atoms with E-state index in [-0.39, 0.29) is 16.9 Å². The molecular weight excluding hydrogens is 347 g/mol. The molecule has 1 aliphatic rings. The van der Waals surface area contributed by atoms with Crippen molar-refractivity contribution in [3.8, 4) is 0 Å².